The van der Waals surface area contributed by atoms with Gasteiger partial charge in [-0.25, -0.2) is 9.18 Å². The van der Waals surface area contributed by atoms with Crippen LogP contribution in [0.15, 0.2) is 6.20 Å². The summed E-state index contributed by atoms with van der Waals surface area (Å²) in [5.41, 5.74) is 0.740. The van der Waals surface area contributed by atoms with Crippen molar-refractivity contribution in [2.24, 2.45) is 7.05 Å². The van der Waals surface area contributed by atoms with Crippen LogP contribution in [0.2, 0.25) is 0 Å². The summed E-state index contributed by atoms with van der Waals surface area (Å²) in [5.74, 6) is -1.68. The van der Waals surface area contributed by atoms with Crippen LogP contribution in [-0.4, -0.2) is 32.1 Å². The minimum atomic E-state index is -2.32. The van der Waals surface area contributed by atoms with Crippen molar-refractivity contribution in [3.63, 3.8) is 0 Å². The molecule has 0 aromatic carbocycles. The molecule has 1 rings (SSSR count). The van der Waals surface area contributed by atoms with Gasteiger partial charge < -0.3 is 10.2 Å². The van der Waals surface area contributed by atoms with Crippen molar-refractivity contribution < 1.29 is 19.4 Å². The SMILES string of the molecule is Cc1c(C(O)C(F)C(=O)O)cnn1C. The van der Waals surface area contributed by atoms with Crippen LogP contribution < -0.4 is 0 Å². The van der Waals surface area contributed by atoms with Gasteiger partial charge in [0.25, 0.3) is 0 Å². The Labute approximate surface area is 79.8 Å². The molecule has 14 heavy (non-hydrogen) atoms. The van der Waals surface area contributed by atoms with E-state index in [0.29, 0.717) is 5.69 Å². The summed E-state index contributed by atoms with van der Waals surface area (Å²) in [7, 11) is 1.62. The summed E-state index contributed by atoms with van der Waals surface area (Å²) in [6.45, 7) is 1.63. The molecule has 6 heteroatoms. The van der Waals surface area contributed by atoms with Crippen LogP contribution in [0.5, 0.6) is 0 Å². The number of aliphatic hydroxyl groups excluding tert-OH is 1. The fourth-order valence-corrected chi connectivity index (χ4v) is 1.10. The number of hydrogen-bond acceptors (Lipinski definition) is 3. The van der Waals surface area contributed by atoms with Crippen LogP contribution in [0.25, 0.3) is 0 Å². The number of carboxylic acid groups (broad SMARTS) is 1. The number of aromatic nitrogens is 2. The third-order valence-electron chi connectivity index (χ3n) is 2.10. The second-order valence-electron chi connectivity index (χ2n) is 2.99. The first-order valence-corrected chi connectivity index (χ1v) is 3.98. The number of alkyl halides is 1. The van der Waals surface area contributed by atoms with Gasteiger partial charge in [0.05, 0.1) is 6.20 Å². The predicted octanol–water partition coefficient (Wildman–Crippen LogP) is 0.185. The van der Waals surface area contributed by atoms with Crippen molar-refractivity contribution in [2.75, 3.05) is 0 Å². The molecule has 1 aromatic heterocycles. The average Bonchev–Trinajstić information content (AvgIpc) is 2.45. The molecule has 5 nitrogen and oxygen atoms in total. The van der Waals surface area contributed by atoms with Crippen LogP contribution in [0.1, 0.15) is 17.4 Å². The topological polar surface area (TPSA) is 75.3 Å². The number of aliphatic carboxylic acids is 1. The Balaban J connectivity index is 2.94. The van der Waals surface area contributed by atoms with Gasteiger partial charge in [-0.1, -0.05) is 0 Å². The number of aryl methyl sites for hydroxylation is 1. The van der Waals surface area contributed by atoms with Gasteiger partial charge >= 0.3 is 5.97 Å². The number of carboxylic acids is 1. The van der Waals surface area contributed by atoms with Crippen molar-refractivity contribution in [2.45, 2.75) is 19.2 Å². The van der Waals surface area contributed by atoms with Crippen molar-refractivity contribution in [1.82, 2.24) is 9.78 Å². The molecular formula is C8H11FN2O3. The minimum Gasteiger partial charge on any atom is -0.479 e. The van der Waals surface area contributed by atoms with E-state index in [1.165, 1.54) is 10.9 Å². The lowest BCUT2D eigenvalue weighted by Gasteiger charge is -2.11. The zero-order valence-corrected chi connectivity index (χ0v) is 7.81. The summed E-state index contributed by atoms with van der Waals surface area (Å²) in [5, 5.41) is 21.5. The first-order chi connectivity index (χ1) is 6.45. The molecule has 1 heterocycles. The Morgan fingerprint density at radius 1 is 1.71 bits per heavy atom. The maximum atomic E-state index is 12.9. The quantitative estimate of drug-likeness (QED) is 0.733. The molecule has 0 saturated carbocycles. The van der Waals surface area contributed by atoms with E-state index >= 15 is 0 Å². The molecule has 0 bridgehead atoms. The lowest BCUT2D eigenvalue weighted by molar-refractivity contribution is -0.147. The Kier molecular flexibility index (Phi) is 2.85. The summed E-state index contributed by atoms with van der Waals surface area (Å²) >= 11 is 0. The van der Waals surface area contributed by atoms with Gasteiger partial charge in [-0.15, -0.1) is 0 Å². The van der Waals surface area contributed by atoms with Gasteiger partial charge in [-0.2, -0.15) is 5.10 Å². The highest BCUT2D eigenvalue weighted by Crippen LogP contribution is 2.21. The number of halogens is 1. The molecule has 0 fully saturated rings. The van der Waals surface area contributed by atoms with Gasteiger partial charge in [-0.3, -0.25) is 4.68 Å². The molecule has 0 amide bonds. The van der Waals surface area contributed by atoms with Gasteiger partial charge in [0.15, 0.2) is 0 Å². The normalized spacial score (nSPS) is 15.1. The summed E-state index contributed by atoms with van der Waals surface area (Å²) in [6, 6.07) is 0. The Hall–Kier alpha value is -1.43. The number of rotatable bonds is 3. The smallest absolute Gasteiger partial charge is 0.341 e. The molecule has 2 atom stereocenters. The van der Waals surface area contributed by atoms with Crippen molar-refractivity contribution in [3.8, 4) is 0 Å². The molecule has 0 saturated heterocycles. The third kappa shape index (κ3) is 1.74. The van der Waals surface area contributed by atoms with E-state index in [1.54, 1.807) is 14.0 Å². The maximum absolute atomic E-state index is 12.9. The third-order valence-corrected chi connectivity index (χ3v) is 2.10. The molecule has 78 valence electrons. The van der Waals surface area contributed by atoms with Gasteiger partial charge in [0.1, 0.15) is 6.10 Å². The van der Waals surface area contributed by atoms with E-state index in [9.17, 15) is 14.3 Å². The van der Waals surface area contributed by atoms with E-state index in [2.05, 4.69) is 5.10 Å². The zero-order chi connectivity index (χ0) is 10.9. The van der Waals surface area contributed by atoms with Crippen molar-refractivity contribution >= 4 is 5.97 Å². The van der Waals surface area contributed by atoms with Gasteiger partial charge in [-0.05, 0) is 6.92 Å². The number of nitrogens with zero attached hydrogens (tertiary/aromatic N) is 2. The first kappa shape index (κ1) is 10.6. The summed E-state index contributed by atoms with van der Waals surface area (Å²) in [4.78, 5) is 10.3. The second-order valence-corrected chi connectivity index (χ2v) is 2.99. The van der Waals surface area contributed by atoms with Crippen molar-refractivity contribution in [1.29, 1.82) is 0 Å². The molecule has 0 spiro atoms. The fraction of sp³-hybridized carbons (Fsp3) is 0.500. The highest BCUT2D eigenvalue weighted by atomic mass is 19.1. The zero-order valence-electron chi connectivity index (χ0n) is 7.81. The first-order valence-electron chi connectivity index (χ1n) is 3.98. The van der Waals surface area contributed by atoms with Crippen LogP contribution in [0, 0.1) is 6.92 Å². The van der Waals surface area contributed by atoms with E-state index in [0.717, 1.165) is 0 Å². The molecule has 1 aromatic rings. The van der Waals surface area contributed by atoms with E-state index < -0.39 is 18.2 Å². The maximum Gasteiger partial charge on any atom is 0.341 e. The highest BCUT2D eigenvalue weighted by molar-refractivity contribution is 5.73. The summed E-state index contributed by atoms with van der Waals surface area (Å²) < 4.78 is 14.3. The van der Waals surface area contributed by atoms with Crippen LogP contribution >= 0.6 is 0 Å². The Morgan fingerprint density at radius 3 is 2.64 bits per heavy atom. The lowest BCUT2D eigenvalue weighted by atomic mass is 10.1. The number of carbonyl (C=O) groups is 1. The Morgan fingerprint density at radius 2 is 2.29 bits per heavy atom. The van der Waals surface area contributed by atoms with Gasteiger partial charge in [0, 0.05) is 18.3 Å². The molecular weight excluding hydrogens is 191 g/mol. The molecule has 0 aliphatic heterocycles. The highest BCUT2D eigenvalue weighted by Gasteiger charge is 2.29. The summed E-state index contributed by atoms with van der Waals surface area (Å²) in [6.07, 6.45) is -2.73. The predicted molar refractivity (Wildman–Crippen MR) is 45.4 cm³/mol. The molecule has 0 radical (unpaired) electrons. The van der Waals surface area contributed by atoms with E-state index in [1.807, 2.05) is 0 Å². The monoisotopic (exact) mass is 202 g/mol. The molecule has 2 unspecified atom stereocenters. The lowest BCUT2D eigenvalue weighted by Crippen LogP contribution is -2.23. The van der Waals surface area contributed by atoms with Crippen LogP contribution in [-0.2, 0) is 11.8 Å². The fourth-order valence-electron chi connectivity index (χ4n) is 1.10. The average molecular weight is 202 g/mol. The largest absolute Gasteiger partial charge is 0.479 e. The number of hydrogen-bond donors (Lipinski definition) is 2. The van der Waals surface area contributed by atoms with E-state index in [4.69, 9.17) is 5.11 Å². The Bertz CT molecular complexity index is 350. The van der Waals surface area contributed by atoms with E-state index in [-0.39, 0.29) is 5.56 Å². The van der Waals surface area contributed by atoms with Gasteiger partial charge in [0.2, 0.25) is 6.17 Å². The number of aliphatic hydroxyl groups is 1. The second kappa shape index (κ2) is 3.75. The van der Waals surface area contributed by atoms with Crippen LogP contribution in [0.3, 0.4) is 0 Å². The molecule has 0 aliphatic carbocycles. The minimum absolute atomic E-state index is 0.197. The molecule has 0 aliphatic rings. The van der Waals surface area contributed by atoms with Crippen molar-refractivity contribution in [3.05, 3.63) is 17.5 Å². The molecule has 2 N–H and O–H groups in total. The standard InChI is InChI=1S/C8H11FN2O3/c1-4-5(3-10-11(4)2)7(12)6(9)8(13)14/h3,6-7,12H,1-2H3,(H,13,14). The van der Waals surface area contributed by atoms with Crippen LogP contribution in [0.4, 0.5) is 4.39 Å².